The van der Waals surface area contributed by atoms with Crippen LogP contribution in [-0.2, 0) is 11.3 Å². The predicted molar refractivity (Wildman–Crippen MR) is 85.6 cm³/mol. The van der Waals surface area contributed by atoms with Crippen molar-refractivity contribution in [2.24, 2.45) is 10.8 Å². The smallest absolute Gasteiger partial charge is 0.254 e. The molecule has 2 unspecified atom stereocenters. The molecule has 1 aromatic rings. The van der Waals surface area contributed by atoms with E-state index in [2.05, 4.69) is 25.7 Å². The van der Waals surface area contributed by atoms with Crippen molar-refractivity contribution in [1.29, 1.82) is 0 Å². The van der Waals surface area contributed by atoms with Gasteiger partial charge in [0.05, 0.1) is 12.2 Å². The molecule has 2 atom stereocenters. The van der Waals surface area contributed by atoms with Gasteiger partial charge < -0.3 is 9.64 Å². The number of nitrogens with zero attached hydrogens (tertiary/aromatic N) is 1. The maximum Gasteiger partial charge on any atom is 0.254 e. The summed E-state index contributed by atoms with van der Waals surface area (Å²) in [5.74, 6) is 0.208. The van der Waals surface area contributed by atoms with Crippen LogP contribution in [-0.4, -0.2) is 30.5 Å². The second kappa shape index (κ2) is 5.10. The first-order valence-electron chi connectivity index (χ1n) is 7.69. The monoisotopic (exact) mass is 307 g/mol. The molecule has 1 amide bonds. The first-order valence-corrected chi connectivity index (χ1v) is 8.57. The maximum absolute atomic E-state index is 12.9. The van der Waals surface area contributed by atoms with E-state index in [-0.39, 0.29) is 5.91 Å². The van der Waals surface area contributed by atoms with Gasteiger partial charge in [-0.1, -0.05) is 20.8 Å². The number of likely N-dealkylation sites (tertiary alicyclic amines) is 1. The van der Waals surface area contributed by atoms with E-state index in [1.54, 1.807) is 18.4 Å². The Morgan fingerprint density at radius 2 is 2.19 bits per heavy atom. The summed E-state index contributed by atoms with van der Waals surface area (Å²) in [6, 6.07) is 2.41. The van der Waals surface area contributed by atoms with Gasteiger partial charge in [0.1, 0.15) is 0 Å². The van der Waals surface area contributed by atoms with Crippen molar-refractivity contribution in [1.82, 2.24) is 4.90 Å². The molecule has 2 bridgehead atoms. The zero-order valence-corrected chi connectivity index (χ0v) is 14.3. The van der Waals surface area contributed by atoms with Crippen molar-refractivity contribution in [3.63, 3.8) is 0 Å². The number of rotatable bonds is 3. The van der Waals surface area contributed by atoms with E-state index < -0.39 is 0 Å². The summed E-state index contributed by atoms with van der Waals surface area (Å²) >= 11 is 1.61. The number of amides is 1. The van der Waals surface area contributed by atoms with Crippen molar-refractivity contribution in [2.45, 2.75) is 52.7 Å². The molecule has 0 spiro atoms. The van der Waals surface area contributed by atoms with Gasteiger partial charge in [0.25, 0.3) is 5.91 Å². The Hall–Kier alpha value is -0.870. The number of hydrogen-bond acceptors (Lipinski definition) is 3. The van der Waals surface area contributed by atoms with Gasteiger partial charge in [-0.2, -0.15) is 0 Å². The van der Waals surface area contributed by atoms with Crippen molar-refractivity contribution < 1.29 is 9.53 Å². The minimum absolute atomic E-state index is 0.208. The average molecular weight is 307 g/mol. The van der Waals surface area contributed by atoms with Crippen LogP contribution in [0.3, 0.4) is 0 Å². The fourth-order valence-electron chi connectivity index (χ4n) is 4.57. The van der Waals surface area contributed by atoms with Gasteiger partial charge in [0.15, 0.2) is 0 Å². The molecule has 3 nitrogen and oxygen atoms in total. The quantitative estimate of drug-likeness (QED) is 0.846. The molecule has 0 radical (unpaired) electrons. The van der Waals surface area contributed by atoms with E-state index in [9.17, 15) is 4.79 Å². The molecular formula is C17H25NO2S. The molecule has 2 fully saturated rings. The van der Waals surface area contributed by atoms with Crippen molar-refractivity contribution in [2.75, 3.05) is 13.7 Å². The molecule has 2 heterocycles. The van der Waals surface area contributed by atoms with Crippen LogP contribution in [0.5, 0.6) is 0 Å². The van der Waals surface area contributed by atoms with Crippen molar-refractivity contribution in [3.8, 4) is 0 Å². The van der Waals surface area contributed by atoms with Gasteiger partial charge in [-0.05, 0) is 36.2 Å². The standard InChI is InChI=1S/C17H25NO2S/c1-16(2)6-13-7-17(3,10-16)11-18(13)15(19)12-5-14(8-20-4)21-9-12/h5,9,13H,6-8,10-11H2,1-4H3. The largest absolute Gasteiger partial charge is 0.379 e. The first-order chi connectivity index (χ1) is 9.82. The lowest BCUT2D eigenvalue weighted by atomic mass is 9.65. The van der Waals surface area contributed by atoms with Crippen LogP contribution in [0.2, 0.25) is 0 Å². The van der Waals surface area contributed by atoms with E-state index in [1.807, 2.05) is 11.4 Å². The van der Waals surface area contributed by atoms with Gasteiger partial charge in [-0.25, -0.2) is 0 Å². The lowest BCUT2D eigenvalue weighted by molar-refractivity contribution is 0.0708. The minimum atomic E-state index is 0.208. The van der Waals surface area contributed by atoms with E-state index in [0.717, 1.165) is 29.8 Å². The molecule has 1 aliphatic heterocycles. The van der Waals surface area contributed by atoms with Crippen LogP contribution in [0.25, 0.3) is 0 Å². The van der Waals surface area contributed by atoms with Gasteiger partial charge in [0, 0.05) is 30.0 Å². The highest BCUT2D eigenvalue weighted by atomic mass is 32.1. The SMILES string of the molecule is COCc1cc(C(=O)N2CC3(C)CC2CC(C)(C)C3)cs1. The second-order valence-electron chi connectivity index (χ2n) is 7.88. The minimum Gasteiger partial charge on any atom is -0.379 e. The zero-order chi connectivity index (χ0) is 15.3. The number of hydrogen-bond donors (Lipinski definition) is 0. The molecule has 2 aliphatic rings. The lowest BCUT2D eigenvalue weighted by Crippen LogP contribution is -2.37. The molecule has 1 aliphatic carbocycles. The summed E-state index contributed by atoms with van der Waals surface area (Å²) in [6.45, 7) is 8.53. The summed E-state index contributed by atoms with van der Waals surface area (Å²) < 4.78 is 5.14. The van der Waals surface area contributed by atoms with Crippen molar-refractivity contribution in [3.05, 3.63) is 21.9 Å². The average Bonchev–Trinajstić information content (AvgIpc) is 2.90. The second-order valence-corrected chi connectivity index (χ2v) is 8.88. The highest BCUT2D eigenvalue weighted by Gasteiger charge is 2.51. The van der Waals surface area contributed by atoms with E-state index >= 15 is 0 Å². The Bertz CT molecular complexity index is 551. The molecule has 1 saturated carbocycles. The highest BCUT2D eigenvalue weighted by molar-refractivity contribution is 7.10. The molecule has 1 aromatic heterocycles. The molecule has 0 aromatic carbocycles. The molecule has 4 heteroatoms. The normalized spacial score (nSPS) is 30.7. The topological polar surface area (TPSA) is 29.5 Å². The summed E-state index contributed by atoms with van der Waals surface area (Å²) in [4.78, 5) is 16.1. The predicted octanol–water partition coefficient (Wildman–Crippen LogP) is 3.94. The number of carbonyl (C=O) groups is 1. The summed E-state index contributed by atoms with van der Waals surface area (Å²) in [5.41, 5.74) is 1.48. The Labute approximate surface area is 131 Å². The Morgan fingerprint density at radius 3 is 2.90 bits per heavy atom. The van der Waals surface area contributed by atoms with E-state index in [4.69, 9.17) is 4.74 Å². The van der Waals surface area contributed by atoms with Gasteiger partial charge in [-0.3, -0.25) is 4.79 Å². The van der Waals surface area contributed by atoms with Crippen LogP contribution in [0.4, 0.5) is 0 Å². The molecule has 1 saturated heterocycles. The number of ether oxygens (including phenoxy) is 1. The van der Waals surface area contributed by atoms with Crippen LogP contribution in [0, 0.1) is 10.8 Å². The van der Waals surface area contributed by atoms with Gasteiger partial charge in [-0.15, -0.1) is 11.3 Å². The Morgan fingerprint density at radius 1 is 1.43 bits per heavy atom. The molecule has 116 valence electrons. The Kier molecular flexibility index (Phi) is 3.65. The number of thiophene rings is 1. The fraction of sp³-hybridized carbons (Fsp3) is 0.706. The van der Waals surface area contributed by atoms with Crippen LogP contribution in [0.15, 0.2) is 11.4 Å². The number of methoxy groups -OCH3 is 1. The maximum atomic E-state index is 12.9. The number of fused-ring (bicyclic) bond motifs is 2. The molecule has 3 rings (SSSR count). The molecule has 21 heavy (non-hydrogen) atoms. The molecular weight excluding hydrogens is 282 g/mol. The van der Waals surface area contributed by atoms with Crippen LogP contribution >= 0.6 is 11.3 Å². The summed E-state index contributed by atoms with van der Waals surface area (Å²) in [7, 11) is 1.69. The van der Waals surface area contributed by atoms with Crippen LogP contribution < -0.4 is 0 Å². The van der Waals surface area contributed by atoms with Gasteiger partial charge >= 0.3 is 0 Å². The van der Waals surface area contributed by atoms with Gasteiger partial charge in [0.2, 0.25) is 0 Å². The lowest BCUT2D eigenvalue weighted by Gasteiger charge is -2.39. The highest BCUT2D eigenvalue weighted by Crippen LogP contribution is 2.52. The third-order valence-corrected chi connectivity index (χ3v) is 5.77. The van der Waals surface area contributed by atoms with E-state index in [1.165, 1.54) is 6.42 Å². The van der Waals surface area contributed by atoms with E-state index in [0.29, 0.717) is 23.5 Å². The summed E-state index contributed by atoms with van der Waals surface area (Å²) in [5, 5.41) is 1.98. The summed E-state index contributed by atoms with van der Waals surface area (Å²) in [6.07, 6.45) is 3.51. The Balaban J connectivity index is 1.79. The third kappa shape index (κ3) is 2.88. The zero-order valence-electron chi connectivity index (χ0n) is 13.4. The first kappa shape index (κ1) is 15.0. The fourth-order valence-corrected chi connectivity index (χ4v) is 5.40. The molecule has 0 N–H and O–H groups in total. The van der Waals surface area contributed by atoms with Crippen LogP contribution in [0.1, 0.15) is 55.3 Å². The number of carbonyl (C=O) groups excluding carboxylic acids is 1. The third-order valence-electron chi connectivity index (χ3n) is 4.86. The van der Waals surface area contributed by atoms with Crippen molar-refractivity contribution >= 4 is 17.2 Å².